The molecule has 0 bridgehead atoms. The average molecular weight is 435 g/mol. The molecule has 0 radical (unpaired) electrons. The highest BCUT2D eigenvalue weighted by Crippen LogP contribution is 2.33. The molecule has 1 fully saturated rings. The first-order valence-corrected chi connectivity index (χ1v) is 11.2. The minimum Gasteiger partial charge on any atom is -0.497 e. The van der Waals surface area contributed by atoms with Crippen LogP contribution in [0.15, 0.2) is 76.9 Å². The summed E-state index contributed by atoms with van der Waals surface area (Å²) in [4.78, 5) is 25.3. The molecule has 1 amide bonds. The molecule has 1 unspecified atom stereocenters. The van der Waals surface area contributed by atoms with Crippen LogP contribution in [0.2, 0.25) is 0 Å². The van der Waals surface area contributed by atoms with Gasteiger partial charge in [-0.05, 0) is 42.7 Å². The van der Waals surface area contributed by atoms with Gasteiger partial charge in [-0.3, -0.25) is 4.79 Å². The molecule has 0 spiro atoms. The molecule has 1 atom stereocenters. The Morgan fingerprint density at radius 1 is 1.13 bits per heavy atom. The highest BCUT2D eigenvalue weighted by Gasteiger charge is 2.28. The van der Waals surface area contributed by atoms with Gasteiger partial charge in [0.05, 0.1) is 13.0 Å². The number of aromatic nitrogens is 2. The highest BCUT2D eigenvalue weighted by molar-refractivity contribution is 7.99. The maximum Gasteiger partial charge on any atom is 0.225 e. The van der Waals surface area contributed by atoms with E-state index in [0.29, 0.717) is 13.1 Å². The van der Waals surface area contributed by atoms with Crippen LogP contribution in [0.3, 0.4) is 0 Å². The topological polar surface area (TPSA) is 67.3 Å². The van der Waals surface area contributed by atoms with Gasteiger partial charge in [0.2, 0.25) is 5.91 Å². The number of anilines is 1. The predicted molar refractivity (Wildman–Crippen MR) is 122 cm³/mol. The lowest BCUT2D eigenvalue weighted by atomic mass is 9.97. The number of carbonyl (C=O) groups is 1. The minimum atomic E-state index is -0.0661. The SMILES string of the molecule is COc1ccc(CNC(=O)C2CCCN(c3nccnc3Sc3ccccc3)C2)cc1. The van der Waals surface area contributed by atoms with Crippen molar-refractivity contribution in [2.24, 2.45) is 5.92 Å². The van der Waals surface area contributed by atoms with Crippen LogP contribution in [-0.2, 0) is 11.3 Å². The number of hydrogen-bond donors (Lipinski definition) is 1. The number of rotatable bonds is 7. The van der Waals surface area contributed by atoms with Crippen LogP contribution in [-0.4, -0.2) is 36.1 Å². The second-order valence-corrected chi connectivity index (χ2v) is 8.51. The Kier molecular flexibility index (Phi) is 7.04. The van der Waals surface area contributed by atoms with Gasteiger partial charge in [-0.1, -0.05) is 42.1 Å². The lowest BCUT2D eigenvalue weighted by Gasteiger charge is -2.33. The summed E-state index contributed by atoms with van der Waals surface area (Å²) in [5.41, 5.74) is 1.05. The fourth-order valence-corrected chi connectivity index (χ4v) is 4.57. The molecule has 1 aromatic heterocycles. The Balaban J connectivity index is 1.39. The maximum absolute atomic E-state index is 12.8. The van der Waals surface area contributed by atoms with Crippen LogP contribution >= 0.6 is 11.8 Å². The zero-order chi connectivity index (χ0) is 21.5. The standard InChI is InChI=1S/C24H26N4O2S/c1-30-20-11-9-18(10-12-20)16-27-23(29)19-6-5-15-28(17-19)22-24(26-14-13-25-22)31-21-7-3-2-4-8-21/h2-4,7-14,19H,5-6,15-17H2,1H3,(H,27,29). The van der Waals surface area contributed by atoms with Crippen molar-refractivity contribution >= 4 is 23.5 Å². The van der Waals surface area contributed by atoms with E-state index in [2.05, 4.69) is 32.3 Å². The molecule has 3 aromatic rings. The molecule has 6 nitrogen and oxygen atoms in total. The third kappa shape index (κ3) is 5.55. The number of hydrogen-bond acceptors (Lipinski definition) is 6. The number of benzene rings is 2. The molecule has 2 heterocycles. The van der Waals surface area contributed by atoms with Gasteiger partial charge in [-0.25, -0.2) is 9.97 Å². The van der Waals surface area contributed by atoms with E-state index in [1.807, 2.05) is 42.5 Å². The first-order valence-electron chi connectivity index (χ1n) is 10.4. The third-order valence-corrected chi connectivity index (χ3v) is 6.31. The van der Waals surface area contributed by atoms with E-state index in [0.717, 1.165) is 46.4 Å². The number of methoxy groups -OCH3 is 1. The fraction of sp³-hybridized carbons (Fsp3) is 0.292. The summed E-state index contributed by atoms with van der Waals surface area (Å²) in [7, 11) is 1.65. The Morgan fingerprint density at radius 3 is 2.68 bits per heavy atom. The van der Waals surface area contributed by atoms with Crippen molar-refractivity contribution in [3.63, 3.8) is 0 Å². The van der Waals surface area contributed by atoms with Crippen molar-refractivity contribution in [1.29, 1.82) is 0 Å². The summed E-state index contributed by atoms with van der Waals surface area (Å²) < 4.78 is 5.19. The Hall–Kier alpha value is -3.06. The smallest absolute Gasteiger partial charge is 0.225 e. The summed E-state index contributed by atoms with van der Waals surface area (Å²) in [5, 5.41) is 3.95. The van der Waals surface area contributed by atoms with Gasteiger partial charge in [0.15, 0.2) is 5.82 Å². The summed E-state index contributed by atoms with van der Waals surface area (Å²) in [6, 6.07) is 17.9. The summed E-state index contributed by atoms with van der Waals surface area (Å²) in [6.45, 7) is 2.04. The predicted octanol–water partition coefficient (Wildman–Crippen LogP) is 4.17. The van der Waals surface area contributed by atoms with Crippen LogP contribution in [0, 0.1) is 5.92 Å². The van der Waals surface area contributed by atoms with Crippen molar-refractivity contribution in [2.75, 3.05) is 25.1 Å². The van der Waals surface area contributed by atoms with Crippen LogP contribution in [0.4, 0.5) is 5.82 Å². The Morgan fingerprint density at radius 2 is 1.90 bits per heavy atom. The van der Waals surface area contributed by atoms with E-state index in [-0.39, 0.29) is 11.8 Å². The van der Waals surface area contributed by atoms with Crippen molar-refractivity contribution in [3.8, 4) is 5.75 Å². The minimum absolute atomic E-state index is 0.0661. The van der Waals surface area contributed by atoms with Crippen molar-refractivity contribution in [2.45, 2.75) is 29.3 Å². The third-order valence-electron chi connectivity index (χ3n) is 5.32. The number of ether oxygens (including phenoxy) is 1. The van der Waals surface area contributed by atoms with Gasteiger partial charge in [-0.2, -0.15) is 0 Å². The van der Waals surface area contributed by atoms with Crippen LogP contribution < -0.4 is 15.0 Å². The zero-order valence-corrected chi connectivity index (χ0v) is 18.3. The molecular weight excluding hydrogens is 408 g/mol. The molecule has 1 saturated heterocycles. The normalized spacial score (nSPS) is 16.0. The van der Waals surface area contributed by atoms with Gasteiger partial charge in [0, 0.05) is 36.9 Å². The lowest BCUT2D eigenvalue weighted by molar-refractivity contribution is -0.125. The first-order chi connectivity index (χ1) is 15.2. The molecular formula is C24H26N4O2S. The van der Waals surface area contributed by atoms with Crippen LogP contribution in [0.25, 0.3) is 0 Å². The summed E-state index contributed by atoms with van der Waals surface area (Å²) in [6.07, 6.45) is 5.27. The van der Waals surface area contributed by atoms with E-state index in [1.54, 1.807) is 31.3 Å². The van der Waals surface area contributed by atoms with Crippen molar-refractivity contribution in [1.82, 2.24) is 15.3 Å². The van der Waals surface area contributed by atoms with E-state index in [4.69, 9.17) is 4.74 Å². The van der Waals surface area contributed by atoms with Gasteiger partial charge >= 0.3 is 0 Å². The Bertz CT molecular complexity index is 998. The van der Waals surface area contributed by atoms with E-state index in [9.17, 15) is 4.79 Å². The van der Waals surface area contributed by atoms with Crippen molar-refractivity contribution < 1.29 is 9.53 Å². The molecule has 1 aliphatic heterocycles. The average Bonchev–Trinajstić information content (AvgIpc) is 2.84. The van der Waals surface area contributed by atoms with Gasteiger partial charge < -0.3 is 15.0 Å². The molecule has 160 valence electrons. The fourth-order valence-electron chi connectivity index (χ4n) is 3.67. The second kappa shape index (κ2) is 10.3. The quantitative estimate of drug-likeness (QED) is 0.602. The van der Waals surface area contributed by atoms with E-state index < -0.39 is 0 Å². The maximum atomic E-state index is 12.8. The van der Waals surface area contributed by atoms with Crippen molar-refractivity contribution in [3.05, 3.63) is 72.6 Å². The molecule has 0 saturated carbocycles. The first kappa shape index (κ1) is 21.2. The molecule has 2 aromatic carbocycles. The summed E-state index contributed by atoms with van der Waals surface area (Å²) in [5.74, 6) is 1.68. The zero-order valence-electron chi connectivity index (χ0n) is 17.5. The monoisotopic (exact) mass is 434 g/mol. The number of carbonyl (C=O) groups excluding carboxylic acids is 1. The lowest BCUT2D eigenvalue weighted by Crippen LogP contribution is -2.43. The van der Waals surface area contributed by atoms with E-state index in [1.165, 1.54) is 0 Å². The number of amides is 1. The second-order valence-electron chi connectivity index (χ2n) is 7.45. The van der Waals surface area contributed by atoms with Gasteiger partial charge in [0.25, 0.3) is 0 Å². The molecule has 7 heteroatoms. The molecule has 0 aliphatic carbocycles. The summed E-state index contributed by atoms with van der Waals surface area (Å²) >= 11 is 1.60. The molecule has 1 aliphatic rings. The van der Waals surface area contributed by atoms with Gasteiger partial charge in [0.1, 0.15) is 10.8 Å². The van der Waals surface area contributed by atoms with Crippen LogP contribution in [0.5, 0.6) is 5.75 Å². The largest absolute Gasteiger partial charge is 0.497 e. The highest BCUT2D eigenvalue weighted by atomic mass is 32.2. The molecule has 4 rings (SSSR count). The number of nitrogens with zero attached hydrogens (tertiary/aromatic N) is 3. The molecule has 31 heavy (non-hydrogen) atoms. The van der Waals surface area contributed by atoms with Crippen LogP contribution in [0.1, 0.15) is 18.4 Å². The number of nitrogens with one attached hydrogen (secondary N) is 1. The molecule has 1 N–H and O–H groups in total. The Labute approximate surface area is 187 Å². The van der Waals surface area contributed by atoms with E-state index >= 15 is 0 Å². The number of piperidine rings is 1. The van der Waals surface area contributed by atoms with Gasteiger partial charge in [-0.15, -0.1) is 0 Å².